The molecule has 136 valence electrons. The van der Waals surface area contributed by atoms with Crippen LogP contribution < -0.4 is 10.1 Å². The Morgan fingerprint density at radius 3 is 2.54 bits per heavy atom. The Kier molecular flexibility index (Phi) is 4.90. The van der Waals surface area contributed by atoms with E-state index in [0.717, 1.165) is 4.47 Å². The van der Waals surface area contributed by atoms with E-state index in [9.17, 15) is 14.7 Å². The molecule has 1 amide bonds. The molecule has 2 aromatic carbocycles. The fourth-order valence-electron chi connectivity index (χ4n) is 3.03. The molecule has 1 aliphatic heterocycles. The number of ketones is 1. The minimum Gasteiger partial charge on any atom is -0.485 e. The minimum atomic E-state index is -0.978. The maximum Gasteiger partial charge on any atom is 0.251 e. The molecule has 1 aliphatic rings. The molecule has 6 heteroatoms. The van der Waals surface area contributed by atoms with Gasteiger partial charge in [0.1, 0.15) is 17.5 Å². The number of aliphatic hydroxyl groups excluding tert-OH is 1. The van der Waals surface area contributed by atoms with Crippen LogP contribution in [-0.4, -0.2) is 28.5 Å². The Hall–Kier alpha value is -2.18. The van der Waals surface area contributed by atoms with Crippen LogP contribution in [0.1, 0.15) is 53.1 Å². The van der Waals surface area contributed by atoms with Crippen molar-refractivity contribution < 1.29 is 19.4 Å². The quantitative estimate of drug-likeness (QED) is 0.747. The highest BCUT2D eigenvalue weighted by molar-refractivity contribution is 9.10. The molecule has 0 saturated carbocycles. The lowest BCUT2D eigenvalue weighted by molar-refractivity contribution is -0.0627. The highest BCUT2D eigenvalue weighted by Gasteiger charge is 2.43. The molecule has 0 saturated heterocycles. The number of hydrogen-bond acceptors (Lipinski definition) is 4. The Labute approximate surface area is 160 Å². The van der Waals surface area contributed by atoms with Crippen LogP contribution in [0.3, 0.4) is 0 Å². The van der Waals surface area contributed by atoms with Crippen LogP contribution in [0.5, 0.6) is 5.75 Å². The first kappa shape index (κ1) is 18.6. The summed E-state index contributed by atoms with van der Waals surface area (Å²) in [5, 5.41) is 13.7. The molecule has 0 aromatic heterocycles. The summed E-state index contributed by atoms with van der Waals surface area (Å²) in [6, 6.07) is 11.4. The Balaban J connectivity index is 2.00. The van der Waals surface area contributed by atoms with E-state index in [1.807, 2.05) is 6.07 Å². The molecule has 0 unspecified atom stereocenters. The summed E-state index contributed by atoms with van der Waals surface area (Å²) >= 11 is 3.35. The van der Waals surface area contributed by atoms with E-state index in [4.69, 9.17) is 4.74 Å². The minimum absolute atomic E-state index is 0.0933. The molecule has 3 rings (SSSR count). The van der Waals surface area contributed by atoms with Gasteiger partial charge in [0.15, 0.2) is 5.78 Å². The summed E-state index contributed by atoms with van der Waals surface area (Å²) in [6.07, 6.45) is -0.978. The SMILES string of the molecule is CC(=O)c1ccc2c(c1)[C@H](NC(=O)c1cccc(Br)c1)[C@@H](O)C(C)(C)O2. The van der Waals surface area contributed by atoms with Crippen molar-refractivity contribution in [2.24, 2.45) is 0 Å². The van der Waals surface area contributed by atoms with Crippen LogP contribution in [0.25, 0.3) is 0 Å². The van der Waals surface area contributed by atoms with E-state index in [1.54, 1.807) is 50.2 Å². The number of benzene rings is 2. The summed E-state index contributed by atoms with van der Waals surface area (Å²) in [4.78, 5) is 24.4. The van der Waals surface area contributed by atoms with Gasteiger partial charge in [-0.3, -0.25) is 9.59 Å². The molecule has 0 aliphatic carbocycles. The van der Waals surface area contributed by atoms with Crippen molar-refractivity contribution in [2.45, 2.75) is 38.5 Å². The monoisotopic (exact) mass is 417 g/mol. The summed E-state index contributed by atoms with van der Waals surface area (Å²) in [5.41, 5.74) is 0.675. The van der Waals surface area contributed by atoms with Crippen LogP contribution in [0.15, 0.2) is 46.9 Å². The molecule has 26 heavy (non-hydrogen) atoms. The molecular formula is C20H20BrNO4. The molecular weight excluding hydrogens is 398 g/mol. The van der Waals surface area contributed by atoms with Crippen molar-refractivity contribution in [1.82, 2.24) is 5.32 Å². The third kappa shape index (κ3) is 3.52. The molecule has 0 fully saturated rings. The highest BCUT2D eigenvalue weighted by Crippen LogP contribution is 2.40. The van der Waals surface area contributed by atoms with Gasteiger partial charge in [0, 0.05) is 21.2 Å². The standard InChI is InChI=1S/C20H20BrNO4/c1-11(23)12-7-8-16-15(10-12)17(18(24)20(2,3)26-16)22-19(25)13-5-4-6-14(21)9-13/h4-10,17-18,24H,1-3H3,(H,22,25)/t17-,18+/m0/s1. The van der Waals surface area contributed by atoms with Gasteiger partial charge >= 0.3 is 0 Å². The molecule has 0 spiro atoms. The van der Waals surface area contributed by atoms with E-state index in [-0.39, 0.29) is 11.7 Å². The number of ether oxygens (including phenoxy) is 1. The van der Waals surface area contributed by atoms with Crippen molar-refractivity contribution in [3.05, 3.63) is 63.6 Å². The van der Waals surface area contributed by atoms with Crippen molar-refractivity contribution in [2.75, 3.05) is 0 Å². The highest BCUT2D eigenvalue weighted by atomic mass is 79.9. The summed E-state index contributed by atoms with van der Waals surface area (Å²) < 4.78 is 6.67. The average Bonchev–Trinajstić information content (AvgIpc) is 2.58. The lowest BCUT2D eigenvalue weighted by Gasteiger charge is -2.42. The van der Waals surface area contributed by atoms with Crippen molar-refractivity contribution in [3.8, 4) is 5.75 Å². The number of amides is 1. The number of rotatable bonds is 3. The van der Waals surface area contributed by atoms with Gasteiger partial charge in [0.05, 0.1) is 6.04 Å². The van der Waals surface area contributed by atoms with Crippen molar-refractivity contribution in [1.29, 1.82) is 0 Å². The number of hydrogen-bond donors (Lipinski definition) is 2. The van der Waals surface area contributed by atoms with Gasteiger partial charge < -0.3 is 15.2 Å². The Bertz CT molecular complexity index is 878. The van der Waals surface area contributed by atoms with Crippen LogP contribution in [0.4, 0.5) is 0 Å². The van der Waals surface area contributed by atoms with E-state index < -0.39 is 17.7 Å². The summed E-state index contributed by atoms with van der Waals surface area (Å²) in [6.45, 7) is 5.00. The molecule has 5 nitrogen and oxygen atoms in total. The van der Waals surface area contributed by atoms with Crippen LogP contribution in [0.2, 0.25) is 0 Å². The number of Topliss-reactive ketones (excluding diaryl/α,β-unsaturated/α-hetero) is 1. The maximum atomic E-state index is 12.7. The zero-order valence-electron chi connectivity index (χ0n) is 14.7. The van der Waals surface area contributed by atoms with Gasteiger partial charge in [0.25, 0.3) is 5.91 Å². The van der Waals surface area contributed by atoms with Crippen LogP contribution >= 0.6 is 15.9 Å². The maximum absolute atomic E-state index is 12.7. The second kappa shape index (κ2) is 6.85. The first-order valence-corrected chi connectivity index (χ1v) is 9.07. The van der Waals surface area contributed by atoms with Gasteiger partial charge in [-0.1, -0.05) is 22.0 Å². The predicted octanol–water partition coefficient (Wildman–Crippen LogP) is 3.65. The zero-order chi connectivity index (χ0) is 19.1. The van der Waals surface area contributed by atoms with Gasteiger partial charge in [-0.15, -0.1) is 0 Å². The van der Waals surface area contributed by atoms with Crippen LogP contribution in [-0.2, 0) is 0 Å². The third-order valence-corrected chi connectivity index (χ3v) is 5.02. The second-order valence-corrected chi connectivity index (χ2v) is 7.84. The van der Waals surface area contributed by atoms with Gasteiger partial charge in [0.2, 0.25) is 0 Å². The number of halogens is 1. The first-order valence-electron chi connectivity index (χ1n) is 8.27. The number of nitrogens with one attached hydrogen (secondary N) is 1. The van der Waals surface area contributed by atoms with E-state index in [1.165, 1.54) is 6.92 Å². The Morgan fingerprint density at radius 1 is 1.15 bits per heavy atom. The first-order chi connectivity index (χ1) is 12.2. The zero-order valence-corrected chi connectivity index (χ0v) is 16.3. The normalized spacial score (nSPS) is 20.7. The molecule has 0 radical (unpaired) electrons. The molecule has 2 N–H and O–H groups in total. The molecule has 0 bridgehead atoms. The average molecular weight is 418 g/mol. The smallest absolute Gasteiger partial charge is 0.251 e. The lowest BCUT2D eigenvalue weighted by atomic mass is 9.85. The fourth-order valence-corrected chi connectivity index (χ4v) is 3.43. The number of carbonyl (C=O) groups is 2. The summed E-state index contributed by atoms with van der Waals surface area (Å²) in [5.74, 6) is 0.140. The molecule has 2 aromatic rings. The van der Waals surface area contributed by atoms with E-state index >= 15 is 0 Å². The Morgan fingerprint density at radius 2 is 1.88 bits per heavy atom. The lowest BCUT2D eigenvalue weighted by Crippen LogP contribution is -2.53. The van der Waals surface area contributed by atoms with Crippen LogP contribution in [0, 0.1) is 0 Å². The fraction of sp³-hybridized carbons (Fsp3) is 0.300. The number of fused-ring (bicyclic) bond motifs is 1. The summed E-state index contributed by atoms with van der Waals surface area (Å²) in [7, 11) is 0. The second-order valence-electron chi connectivity index (χ2n) is 6.92. The largest absolute Gasteiger partial charge is 0.485 e. The van der Waals surface area contributed by atoms with Gasteiger partial charge in [-0.05, 0) is 57.2 Å². The van der Waals surface area contributed by atoms with Crippen molar-refractivity contribution >= 4 is 27.6 Å². The van der Waals surface area contributed by atoms with E-state index in [2.05, 4.69) is 21.2 Å². The number of carbonyl (C=O) groups excluding carboxylic acids is 2. The topological polar surface area (TPSA) is 75.6 Å². The van der Waals surface area contributed by atoms with Gasteiger partial charge in [-0.2, -0.15) is 0 Å². The third-order valence-electron chi connectivity index (χ3n) is 4.53. The molecule has 1 heterocycles. The predicted molar refractivity (Wildman–Crippen MR) is 102 cm³/mol. The number of aliphatic hydroxyl groups is 1. The molecule has 2 atom stereocenters. The van der Waals surface area contributed by atoms with Crippen molar-refractivity contribution in [3.63, 3.8) is 0 Å². The van der Waals surface area contributed by atoms with Gasteiger partial charge in [-0.25, -0.2) is 0 Å². The van der Waals surface area contributed by atoms with E-state index in [0.29, 0.717) is 22.4 Å².